The predicted molar refractivity (Wildman–Crippen MR) is 90.3 cm³/mol. The van der Waals surface area contributed by atoms with Crippen molar-refractivity contribution in [2.45, 2.75) is 49.6 Å². The molecule has 1 aromatic carbocycles. The van der Waals surface area contributed by atoms with E-state index in [1.54, 1.807) is 18.3 Å². The number of aromatic nitrogens is 2. The third-order valence-corrected chi connectivity index (χ3v) is 6.03. The van der Waals surface area contributed by atoms with Gasteiger partial charge in [0, 0.05) is 24.0 Å². The number of carbonyl (C=O) groups excluding carboxylic acids is 1. The Balaban J connectivity index is 1.62. The summed E-state index contributed by atoms with van der Waals surface area (Å²) in [4.78, 5) is 11.5. The Bertz CT molecular complexity index is 790. The fourth-order valence-electron chi connectivity index (χ4n) is 3.11. The van der Waals surface area contributed by atoms with Crippen molar-refractivity contribution in [3.63, 3.8) is 0 Å². The lowest BCUT2D eigenvalue weighted by Crippen LogP contribution is -2.38. The number of nitrogens with one attached hydrogen (secondary N) is 1. The quantitative estimate of drug-likeness (QED) is 0.843. The maximum atomic E-state index is 12.5. The first-order valence-electron chi connectivity index (χ1n) is 8.08. The molecule has 0 bridgehead atoms. The highest BCUT2D eigenvalue weighted by atomic mass is 32.2. The summed E-state index contributed by atoms with van der Waals surface area (Å²) < 4.78 is 29.7. The maximum Gasteiger partial charge on any atom is 0.240 e. The summed E-state index contributed by atoms with van der Waals surface area (Å²) in [6.07, 6.45) is 7.09. The Kier molecular flexibility index (Phi) is 4.82. The molecule has 0 amide bonds. The van der Waals surface area contributed by atoms with Crippen LogP contribution in [0.5, 0.6) is 0 Å². The fraction of sp³-hybridized carbons (Fsp3) is 0.412. The second-order valence-electron chi connectivity index (χ2n) is 6.19. The summed E-state index contributed by atoms with van der Waals surface area (Å²) >= 11 is 0. The molecule has 0 atom stereocenters. The summed E-state index contributed by atoms with van der Waals surface area (Å²) in [6, 6.07) is 8.24. The number of Topliss-reactive ketones (excluding diaryl/α,β-unsaturated/α-hetero) is 1. The zero-order valence-corrected chi connectivity index (χ0v) is 14.4. The summed E-state index contributed by atoms with van der Waals surface area (Å²) in [5, 5.41) is 4.26. The van der Waals surface area contributed by atoms with E-state index < -0.39 is 10.0 Å². The second kappa shape index (κ2) is 6.86. The van der Waals surface area contributed by atoms with Crippen molar-refractivity contribution in [2.24, 2.45) is 0 Å². The van der Waals surface area contributed by atoms with Gasteiger partial charge in [0.2, 0.25) is 10.0 Å². The topological polar surface area (TPSA) is 81.1 Å². The normalized spacial score (nSPS) is 21.5. The van der Waals surface area contributed by atoms with E-state index in [0.717, 1.165) is 25.7 Å². The smallest absolute Gasteiger partial charge is 0.240 e. The van der Waals surface area contributed by atoms with Gasteiger partial charge in [0.1, 0.15) is 0 Å². The molecule has 0 saturated heterocycles. The van der Waals surface area contributed by atoms with E-state index in [0.29, 0.717) is 11.6 Å². The highest BCUT2D eigenvalue weighted by Gasteiger charge is 2.26. The van der Waals surface area contributed by atoms with Crippen LogP contribution in [0.25, 0.3) is 0 Å². The summed E-state index contributed by atoms with van der Waals surface area (Å²) in [5.74, 6) is -0.0798. The molecule has 2 aromatic rings. The third-order valence-electron chi connectivity index (χ3n) is 4.49. The Labute approximate surface area is 141 Å². The van der Waals surface area contributed by atoms with Crippen LogP contribution in [0.4, 0.5) is 0 Å². The standard InChI is InChI=1S/C17H21N3O3S/c1-13(21)14-3-9-17(10-4-14)24(22,23)19-15-5-7-16(8-6-15)20-12-2-11-18-20/h2-4,9-12,15-16,19H,5-8H2,1H3. The lowest BCUT2D eigenvalue weighted by molar-refractivity contribution is 0.101. The van der Waals surface area contributed by atoms with Crippen LogP contribution in [0.3, 0.4) is 0 Å². The number of ketones is 1. The molecular formula is C17H21N3O3S. The van der Waals surface area contributed by atoms with Crippen LogP contribution in [0.1, 0.15) is 49.0 Å². The van der Waals surface area contributed by atoms with Crippen molar-refractivity contribution in [1.29, 1.82) is 0 Å². The molecule has 1 aliphatic rings. The summed E-state index contributed by atoms with van der Waals surface area (Å²) in [7, 11) is -3.56. The molecule has 1 saturated carbocycles. The molecule has 7 heteroatoms. The van der Waals surface area contributed by atoms with Gasteiger partial charge in [0.15, 0.2) is 5.78 Å². The van der Waals surface area contributed by atoms with Crippen LogP contribution in [0.2, 0.25) is 0 Å². The van der Waals surface area contributed by atoms with Gasteiger partial charge in [0.25, 0.3) is 0 Å². The molecule has 1 aliphatic carbocycles. The lowest BCUT2D eigenvalue weighted by Gasteiger charge is -2.29. The molecule has 24 heavy (non-hydrogen) atoms. The van der Waals surface area contributed by atoms with Crippen molar-refractivity contribution in [3.8, 4) is 0 Å². The van der Waals surface area contributed by atoms with Crippen LogP contribution < -0.4 is 4.72 Å². The summed E-state index contributed by atoms with van der Waals surface area (Å²) in [5.41, 5.74) is 0.508. The van der Waals surface area contributed by atoms with Gasteiger partial charge in [-0.25, -0.2) is 13.1 Å². The minimum Gasteiger partial charge on any atom is -0.295 e. The molecule has 128 valence electrons. The molecule has 0 spiro atoms. The van der Waals surface area contributed by atoms with E-state index in [1.165, 1.54) is 19.1 Å². The zero-order valence-electron chi connectivity index (χ0n) is 13.6. The van der Waals surface area contributed by atoms with Crippen LogP contribution in [-0.2, 0) is 10.0 Å². The van der Waals surface area contributed by atoms with Gasteiger partial charge in [-0.1, -0.05) is 12.1 Å². The van der Waals surface area contributed by atoms with E-state index >= 15 is 0 Å². The van der Waals surface area contributed by atoms with Gasteiger partial charge in [-0.3, -0.25) is 9.48 Å². The molecular weight excluding hydrogens is 326 g/mol. The Hall–Kier alpha value is -1.99. The van der Waals surface area contributed by atoms with E-state index in [1.807, 2.05) is 16.9 Å². The average Bonchev–Trinajstić information content (AvgIpc) is 3.10. The molecule has 0 radical (unpaired) electrons. The lowest BCUT2D eigenvalue weighted by atomic mass is 9.92. The first-order valence-corrected chi connectivity index (χ1v) is 9.56. The fourth-order valence-corrected chi connectivity index (χ4v) is 4.42. The molecule has 6 nitrogen and oxygen atoms in total. The van der Waals surface area contributed by atoms with Gasteiger partial charge in [-0.15, -0.1) is 0 Å². The molecule has 1 aromatic heterocycles. The highest BCUT2D eigenvalue weighted by Crippen LogP contribution is 2.28. The average molecular weight is 347 g/mol. The van der Waals surface area contributed by atoms with Crippen LogP contribution in [-0.4, -0.2) is 30.0 Å². The number of carbonyl (C=O) groups is 1. The SMILES string of the molecule is CC(=O)c1ccc(S(=O)(=O)NC2CCC(n3cccn3)CC2)cc1. The first kappa shape index (κ1) is 16.9. The Morgan fingerprint density at radius 2 is 1.83 bits per heavy atom. The predicted octanol–water partition coefficient (Wildman–Crippen LogP) is 2.55. The van der Waals surface area contributed by atoms with Gasteiger partial charge in [-0.05, 0) is 50.8 Å². The van der Waals surface area contributed by atoms with Crippen LogP contribution in [0.15, 0.2) is 47.6 Å². The number of benzene rings is 1. The maximum absolute atomic E-state index is 12.5. The third kappa shape index (κ3) is 3.73. The number of rotatable bonds is 5. The van der Waals surface area contributed by atoms with E-state index in [9.17, 15) is 13.2 Å². The van der Waals surface area contributed by atoms with E-state index in [2.05, 4.69) is 9.82 Å². The van der Waals surface area contributed by atoms with Crippen LogP contribution in [0, 0.1) is 0 Å². The highest BCUT2D eigenvalue weighted by molar-refractivity contribution is 7.89. The first-order chi connectivity index (χ1) is 11.5. The van der Waals surface area contributed by atoms with Crippen LogP contribution >= 0.6 is 0 Å². The van der Waals surface area contributed by atoms with Crippen molar-refractivity contribution in [3.05, 3.63) is 48.3 Å². The number of nitrogens with zero attached hydrogens (tertiary/aromatic N) is 2. The molecule has 3 rings (SSSR count). The molecule has 0 aliphatic heterocycles. The monoisotopic (exact) mass is 347 g/mol. The molecule has 1 N–H and O–H groups in total. The minimum absolute atomic E-state index is 0.0608. The number of hydrogen-bond acceptors (Lipinski definition) is 4. The van der Waals surface area contributed by atoms with E-state index in [4.69, 9.17) is 0 Å². The van der Waals surface area contributed by atoms with Crippen molar-refractivity contribution >= 4 is 15.8 Å². The van der Waals surface area contributed by atoms with Gasteiger partial charge in [-0.2, -0.15) is 5.10 Å². The minimum atomic E-state index is -3.56. The Morgan fingerprint density at radius 1 is 1.17 bits per heavy atom. The molecule has 1 fully saturated rings. The number of sulfonamides is 1. The van der Waals surface area contributed by atoms with Gasteiger partial charge >= 0.3 is 0 Å². The Morgan fingerprint density at radius 3 is 2.38 bits per heavy atom. The van der Waals surface area contributed by atoms with Gasteiger partial charge in [0.05, 0.1) is 10.9 Å². The van der Waals surface area contributed by atoms with Crippen molar-refractivity contribution in [2.75, 3.05) is 0 Å². The summed E-state index contributed by atoms with van der Waals surface area (Å²) in [6.45, 7) is 1.46. The molecule has 1 heterocycles. The van der Waals surface area contributed by atoms with E-state index in [-0.39, 0.29) is 16.7 Å². The zero-order chi connectivity index (χ0) is 17.2. The number of hydrogen-bond donors (Lipinski definition) is 1. The van der Waals surface area contributed by atoms with Crippen molar-refractivity contribution in [1.82, 2.24) is 14.5 Å². The second-order valence-corrected chi connectivity index (χ2v) is 7.91. The van der Waals surface area contributed by atoms with Crippen molar-refractivity contribution < 1.29 is 13.2 Å². The van der Waals surface area contributed by atoms with Gasteiger partial charge < -0.3 is 0 Å². The molecule has 0 unspecified atom stereocenters. The largest absolute Gasteiger partial charge is 0.295 e.